The summed E-state index contributed by atoms with van der Waals surface area (Å²) in [5.74, 6) is 1.86. The smallest absolute Gasteiger partial charge is 0.164 e. The molecule has 5 rings (SSSR count). The van der Waals surface area contributed by atoms with E-state index in [1.807, 2.05) is 29.7 Å². The molecule has 0 spiro atoms. The molecule has 1 aliphatic heterocycles. The fourth-order valence-corrected chi connectivity index (χ4v) is 5.60. The van der Waals surface area contributed by atoms with Crippen LogP contribution in [0, 0.1) is 0 Å². The Morgan fingerprint density at radius 3 is 2.70 bits per heavy atom. The summed E-state index contributed by atoms with van der Waals surface area (Å²) in [6, 6.07) is 3.98. The molecule has 0 N–H and O–H groups in total. The standard InChI is InChI=1S/C21H24N4OS/c1-13-11-25(12-14(2)26-13)20-18-16-7-3-4-8-17(16)27-21(18)24-19(23-20)15-6-5-9-22-10-15/h5-6,9-10,13-14H,3-4,7-8,11-12H2,1-2H3/t13-,14-/m1/s1. The van der Waals surface area contributed by atoms with Gasteiger partial charge in [0.2, 0.25) is 0 Å². The highest BCUT2D eigenvalue weighted by molar-refractivity contribution is 7.19. The first kappa shape index (κ1) is 17.1. The molecule has 2 atom stereocenters. The number of fused-ring (bicyclic) bond motifs is 3. The van der Waals surface area contributed by atoms with Gasteiger partial charge in [-0.05, 0) is 57.2 Å². The Morgan fingerprint density at radius 2 is 1.93 bits per heavy atom. The van der Waals surface area contributed by atoms with Gasteiger partial charge in [-0.15, -0.1) is 11.3 Å². The van der Waals surface area contributed by atoms with Crippen molar-refractivity contribution in [1.29, 1.82) is 0 Å². The van der Waals surface area contributed by atoms with Crippen LogP contribution in [0.25, 0.3) is 21.6 Å². The summed E-state index contributed by atoms with van der Waals surface area (Å²) < 4.78 is 5.97. The van der Waals surface area contributed by atoms with Crippen LogP contribution in [0.1, 0.15) is 37.1 Å². The molecule has 140 valence electrons. The SMILES string of the molecule is C[C@@H]1CN(c2nc(-c3cccnc3)nc3sc4c(c23)CCCC4)C[C@@H](C)O1. The third kappa shape index (κ3) is 3.11. The first-order chi connectivity index (χ1) is 13.2. The molecular weight excluding hydrogens is 356 g/mol. The third-order valence-corrected chi connectivity index (χ3v) is 6.62. The predicted octanol–water partition coefficient (Wildman–Crippen LogP) is 4.25. The van der Waals surface area contributed by atoms with E-state index in [0.29, 0.717) is 0 Å². The summed E-state index contributed by atoms with van der Waals surface area (Å²) in [5, 5.41) is 1.28. The second kappa shape index (κ2) is 6.84. The Kier molecular flexibility index (Phi) is 4.32. The van der Waals surface area contributed by atoms with E-state index >= 15 is 0 Å². The number of ether oxygens (including phenoxy) is 1. The maximum atomic E-state index is 5.97. The van der Waals surface area contributed by atoms with Gasteiger partial charge in [0.05, 0.1) is 17.6 Å². The Bertz CT molecular complexity index is 961. The van der Waals surface area contributed by atoms with Crippen molar-refractivity contribution < 1.29 is 4.74 Å². The summed E-state index contributed by atoms with van der Waals surface area (Å²) in [6.45, 7) is 6.03. The molecular formula is C21H24N4OS. The molecule has 0 radical (unpaired) electrons. The highest BCUT2D eigenvalue weighted by Gasteiger charge is 2.28. The van der Waals surface area contributed by atoms with E-state index in [9.17, 15) is 0 Å². The number of hydrogen-bond acceptors (Lipinski definition) is 6. The Hall–Kier alpha value is -2.05. The normalized spacial score (nSPS) is 22.8. The van der Waals surface area contributed by atoms with Gasteiger partial charge in [-0.2, -0.15) is 0 Å². The topological polar surface area (TPSA) is 51.1 Å². The molecule has 1 saturated heterocycles. The van der Waals surface area contributed by atoms with Gasteiger partial charge in [0.25, 0.3) is 0 Å². The third-order valence-electron chi connectivity index (χ3n) is 5.43. The number of morpholine rings is 1. The molecule has 1 aliphatic carbocycles. The molecule has 4 heterocycles. The molecule has 5 nitrogen and oxygen atoms in total. The monoisotopic (exact) mass is 380 g/mol. The zero-order valence-corrected chi connectivity index (χ0v) is 16.6. The van der Waals surface area contributed by atoms with Gasteiger partial charge < -0.3 is 9.64 Å². The minimum absolute atomic E-state index is 0.204. The Balaban J connectivity index is 1.71. The fraction of sp³-hybridized carbons (Fsp3) is 0.476. The number of anilines is 1. The molecule has 27 heavy (non-hydrogen) atoms. The summed E-state index contributed by atoms with van der Waals surface area (Å²) >= 11 is 1.86. The highest BCUT2D eigenvalue weighted by Crippen LogP contribution is 2.41. The van der Waals surface area contributed by atoms with Crippen LogP contribution in [0.3, 0.4) is 0 Å². The van der Waals surface area contributed by atoms with Crippen LogP contribution in [0.15, 0.2) is 24.5 Å². The minimum Gasteiger partial charge on any atom is -0.372 e. The second-order valence-electron chi connectivity index (χ2n) is 7.67. The lowest BCUT2D eigenvalue weighted by Crippen LogP contribution is -2.46. The number of thiophene rings is 1. The van der Waals surface area contributed by atoms with E-state index in [-0.39, 0.29) is 12.2 Å². The lowest BCUT2D eigenvalue weighted by atomic mass is 9.96. The maximum absolute atomic E-state index is 5.97. The van der Waals surface area contributed by atoms with Crippen LogP contribution in [0.4, 0.5) is 5.82 Å². The maximum Gasteiger partial charge on any atom is 0.164 e. The summed E-state index contributed by atoms with van der Waals surface area (Å²) in [5.41, 5.74) is 2.46. The van der Waals surface area contributed by atoms with Crippen LogP contribution in [0.5, 0.6) is 0 Å². The number of aromatic nitrogens is 3. The van der Waals surface area contributed by atoms with Crippen molar-refractivity contribution in [2.75, 3.05) is 18.0 Å². The van der Waals surface area contributed by atoms with Gasteiger partial charge in [-0.1, -0.05) is 0 Å². The average Bonchev–Trinajstić information content (AvgIpc) is 3.05. The summed E-state index contributed by atoms with van der Waals surface area (Å²) in [7, 11) is 0. The van der Waals surface area contributed by atoms with E-state index in [1.165, 1.54) is 35.1 Å². The van der Waals surface area contributed by atoms with Crippen molar-refractivity contribution in [2.45, 2.75) is 51.7 Å². The van der Waals surface area contributed by atoms with Crippen molar-refractivity contribution in [3.05, 3.63) is 35.0 Å². The van der Waals surface area contributed by atoms with E-state index < -0.39 is 0 Å². The predicted molar refractivity (Wildman–Crippen MR) is 110 cm³/mol. The molecule has 6 heteroatoms. The van der Waals surface area contributed by atoms with Gasteiger partial charge in [0.1, 0.15) is 10.6 Å². The van der Waals surface area contributed by atoms with Crippen LogP contribution >= 0.6 is 11.3 Å². The molecule has 0 bridgehead atoms. The number of aryl methyl sites for hydroxylation is 2. The fourth-order valence-electron chi connectivity index (χ4n) is 4.34. The average molecular weight is 381 g/mol. The van der Waals surface area contributed by atoms with E-state index in [0.717, 1.165) is 41.5 Å². The first-order valence-corrected chi connectivity index (χ1v) is 10.6. The van der Waals surface area contributed by atoms with Crippen molar-refractivity contribution in [3.63, 3.8) is 0 Å². The molecule has 3 aromatic rings. The molecule has 0 aromatic carbocycles. The lowest BCUT2D eigenvalue weighted by Gasteiger charge is -2.36. The van der Waals surface area contributed by atoms with Gasteiger partial charge in [0, 0.05) is 35.9 Å². The molecule has 0 unspecified atom stereocenters. The largest absolute Gasteiger partial charge is 0.372 e. The molecule has 0 amide bonds. The van der Waals surface area contributed by atoms with Crippen LogP contribution in [-0.4, -0.2) is 40.2 Å². The van der Waals surface area contributed by atoms with Crippen LogP contribution in [-0.2, 0) is 17.6 Å². The second-order valence-corrected chi connectivity index (χ2v) is 8.75. The number of nitrogens with zero attached hydrogens (tertiary/aromatic N) is 4. The molecule has 1 fully saturated rings. The highest BCUT2D eigenvalue weighted by atomic mass is 32.1. The summed E-state index contributed by atoms with van der Waals surface area (Å²) in [6.07, 6.45) is 8.91. The molecule has 2 aliphatic rings. The number of hydrogen-bond donors (Lipinski definition) is 0. The quantitative estimate of drug-likeness (QED) is 0.665. The first-order valence-electron chi connectivity index (χ1n) is 9.82. The lowest BCUT2D eigenvalue weighted by molar-refractivity contribution is -0.00536. The van der Waals surface area contributed by atoms with E-state index in [4.69, 9.17) is 14.7 Å². The number of rotatable bonds is 2. The van der Waals surface area contributed by atoms with Gasteiger partial charge >= 0.3 is 0 Å². The van der Waals surface area contributed by atoms with Crippen molar-refractivity contribution in [2.24, 2.45) is 0 Å². The molecule has 3 aromatic heterocycles. The number of pyridine rings is 1. The van der Waals surface area contributed by atoms with E-state index in [2.05, 4.69) is 23.7 Å². The van der Waals surface area contributed by atoms with Crippen LogP contribution in [0.2, 0.25) is 0 Å². The summed E-state index contributed by atoms with van der Waals surface area (Å²) in [4.78, 5) is 19.3. The molecule has 0 saturated carbocycles. The minimum atomic E-state index is 0.204. The van der Waals surface area contributed by atoms with Gasteiger partial charge in [0.15, 0.2) is 5.82 Å². The zero-order chi connectivity index (χ0) is 18.4. The van der Waals surface area contributed by atoms with Crippen molar-refractivity contribution in [1.82, 2.24) is 15.0 Å². The van der Waals surface area contributed by atoms with Crippen molar-refractivity contribution in [3.8, 4) is 11.4 Å². The Labute approximate surface area is 163 Å². The Morgan fingerprint density at radius 1 is 1.11 bits per heavy atom. The van der Waals surface area contributed by atoms with Crippen molar-refractivity contribution >= 4 is 27.4 Å². The van der Waals surface area contributed by atoms with Crippen LogP contribution < -0.4 is 4.90 Å². The van der Waals surface area contributed by atoms with Gasteiger partial charge in [-0.25, -0.2) is 9.97 Å². The van der Waals surface area contributed by atoms with E-state index in [1.54, 1.807) is 6.20 Å². The zero-order valence-electron chi connectivity index (χ0n) is 15.8. The van der Waals surface area contributed by atoms with Gasteiger partial charge in [-0.3, -0.25) is 4.98 Å².